The minimum Gasteiger partial charge on any atom is -0.313 e. The zero-order valence-electron chi connectivity index (χ0n) is 13.8. The van der Waals surface area contributed by atoms with Crippen LogP contribution in [-0.4, -0.2) is 29.2 Å². The molecule has 14 heteroatoms. The maximum atomic E-state index is 12.8. The normalized spacial score (nSPS) is 11.8. The van der Waals surface area contributed by atoms with Crippen molar-refractivity contribution in [2.75, 3.05) is 0 Å². The molecule has 0 amide bonds. The van der Waals surface area contributed by atoms with E-state index in [0.29, 0.717) is 11.9 Å². The molecule has 0 N–H and O–H groups in total. The molecule has 28 heavy (non-hydrogen) atoms. The van der Waals surface area contributed by atoms with Crippen LogP contribution >= 0.6 is 35.0 Å². The van der Waals surface area contributed by atoms with Crippen LogP contribution in [0.3, 0.4) is 0 Å². The number of halogens is 5. The molecule has 0 spiro atoms. The van der Waals surface area contributed by atoms with Crippen molar-refractivity contribution < 1.29 is 18.1 Å². The molecule has 0 radical (unpaired) electrons. The van der Waals surface area contributed by atoms with E-state index in [1.807, 2.05) is 0 Å². The minimum atomic E-state index is -4.68. The summed E-state index contributed by atoms with van der Waals surface area (Å²) in [5.41, 5.74) is -1.78. The summed E-state index contributed by atoms with van der Waals surface area (Å²) < 4.78 is 41.5. The van der Waals surface area contributed by atoms with Crippen LogP contribution < -0.4 is 0 Å². The number of hydrogen-bond acceptors (Lipinski definition) is 6. The molecule has 0 aliphatic carbocycles. The van der Waals surface area contributed by atoms with Crippen LogP contribution in [0.4, 0.5) is 18.9 Å². The quantitative estimate of drug-likeness (QED) is 0.419. The molecule has 0 atom stereocenters. The first-order chi connectivity index (χ1) is 13.1. The van der Waals surface area contributed by atoms with Crippen molar-refractivity contribution in [1.29, 1.82) is 0 Å². The van der Waals surface area contributed by atoms with E-state index in [2.05, 4.69) is 15.2 Å². The smallest absolute Gasteiger partial charge is 0.313 e. The molecular weight excluding hydrogens is 444 g/mol. The van der Waals surface area contributed by atoms with Gasteiger partial charge in [-0.05, 0) is 23.9 Å². The maximum Gasteiger partial charge on any atom is 0.416 e. The Bertz CT molecular complexity index is 1050. The molecular formula is C14H9Cl2F3N6O2S. The van der Waals surface area contributed by atoms with E-state index in [1.165, 1.54) is 15.5 Å². The zero-order chi connectivity index (χ0) is 20.6. The zero-order valence-corrected chi connectivity index (χ0v) is 16.1. The molecule has 8 nitrogen and oxygen atoms in total. The molecule has 0 aliphatic rings. The summed E-state index contributed by atoms with van der Waals surface area (Å²) >= 11 is 12.6. The summed E-state index contributed by atoms with van der Waals surface area (Å²) in [7, 11) is 1.61. The Morgan fingerprint density at radius 1 is 1.29 bits per heavy atom. The summed E-state index contributed by atoms with van der Waals surface area (Å²) in [5.74, 6) is 0.438. The lowest BCUT2D eigenvalue weighted by Crippen LogP contribution is -2.07. The maximum absolute atomic E-state index is 12.8. The highest BCUT2D eigenvalue weighted by atomic mass is 35.5. The fourth-order valence-electron chi connectivity index (χ4n) is 2.20. The average molecular weight is 453 g/mol. The molecule has 0 bridgehead atoms. The summed E-state index contributed by atoms with van der Waals surface area (Å²) in [6, 6.07) is 2.30. The molecule has 3 aromatic rings. The third-order valence-electron chi connectivity index (χ3n) is 3.65. The van der Waals surface area contributed by atoms with E-state index in [9.17, 15) is 23.3 Å². The van der Waals surface area contributed by atoms with Crippen molar-refractivity contribution in [3.05, 3.63) is 56.3 Å². The SMILES string of the molecule is Cn1c(Cn2cnc(Cl)c2Cl)nnc1Sc1ccc(C(F)(F)F)cc1[N+](=O)[O-]. The van der Waals surface area contributed by atoms with Crippen LogP contribution in [0.1, 0.15) is 11.4 Å². The lowest BCUT2D eigenvalue weighted by atomic mass is 10.2. The molecule has 2 heterocycles. The summed E-state index contributed by atoms with van der Waals surface area (Å²) in [4.78, 5) is 14.2. The topological polar surface area (TPSA) is 91.7 Å². The van der Waals surface area contributed by atoms with Crippen LogP contribution in [0.25, 0.3) is 0 Å². The number of imidazole rings is 1. The lowest BCUT2D eigenvalue weighted by Gasteiger charge is -2.09. The number of alkyl halides is 3. The molecule has 0 unspecified atom stereocenters. The molecule has 3 rings (SSSR count). The van der Waals surface area contributed by atoms with Crippen LogP contribution in [0.2, 0.25) is 10.3 Å². The van der Waals surface area contributed by atoms with Crippen molar-refractivity contribution in [1.82, 2.24) is 24.3 Å². The van der Waals surface area contributed by atoms with Gasteiger partial charge < -0.3 is 9.13 Å². The predicted molar refractivity (Wildman–Crippen MR) is 94.6 cm³/mol. The number of hydrogen-bond donors (Lipinski definition) is 0. The molecule has 1 aromatic carbocycles. The van der Waals surface area contributed by atoms with E-state index < -0.39 is 22.4 Å². The number of nitro benzene ring substituents is 1. The van der Waals surface area contributed by atoms with Gasteiger partial charge in [-0.2, -0.15) is 13.2 Å². The summed E-state index contributed by atoms with van der Waals surface area (Å²) in [6.45, 7) is 0.178. The fraction of sp³-hybridized carbons (Fsp3) is 0.214. The molecule has 148 valence electrons. The highest BCUT2D eigenvalue weighted by Gasteiger charge is 2.33. The van der Waals surface area contributed by atoms with Gasteiger partial charge in [-0.25, -0.2) is 4.98 Å². The molecule has 0 fully saturated rings. The Hall–Kier alpha value is -2.31. The second-order valence-corrected chi connectivity index (χ2v) is 7.18. The van der Waals surface area contributed by atoms with E-state index in [0.717, 1.165) is 23.9 Å². The van der Waals surface area contributed by atoms with Gasteiger partial charge in [0.25, 0.3) is 5.69 Å². The number of nitro groups is 1. The van der Waals surface area contributed by atoms with Crippen LogP contribution in [0.15, 0.2) is 34.6 Å². The first-order valence-corrected chi connectivity index (χ1v) is 8.93. The average Bonchev–Trinajstić information content (AvgIpc) is 3.12. The van der Waals surface area contributed by atoms with Gasteiger partial charge in [-0.1, -0.05) is 23.2 Å². The van der Waals surface area contributed by atoms with E-state index >= 15 is 0 Å². The van der Waals surface area contributed by atoms with Gasteiger partial charge >= 0.3 is 6.18 Å². The second kappa shape index (κ2) is 7.60. The Labute approximate surface area is 169 Å². The lowest BCUT2D eigenvalue weighted by molar-refractivity contribution is -0.388. The monoisotopic (exact) mass is 452 g/mol. The van der Waals surface area contributed by atoms with Gasteiger partial charge in [-0.15, -0.1) is 10.2 Å². The highest BCUT2D eigenvalue weighted by molar-refractivity contribution is 7.99. The second-order valence-electron chi connectivity index (χ2n) is 5.45. The van der Waals surface area contributed by atoms with Crippen molar-refractivity contribution in [3.8, 4) is 0 Å². The molecule has 2 aromatic heterocycles. The molecule has 0 saturated heterocycles. The summed E-state index contributed by atoms with van der Waals surface area (Å²) in [6.07, 6.45) is -3.27. The first kappa shape index (κ1) is 20.4. The number of rotatable bonds is 5. The number of nitrogens with zero attached hydrogens (tertiary/aromatic N) is 6. The number of aromatic nitrogens is 5. The van der Waals surface area contributed by atoms with Gasteiger partial charge in [-0.3, -0.25) is 10.1 Å². The van der Waals surface area contributed by atoms with Crippen LogP contribution in [0, 0.1) is 10.1 Å². The van der Waals surface area contributed by atoms with Crippen molar-refractivity contribution >= 4 is 40.7 Å². The van der Waals surface area contributed by atoms with Crippen molar-refractivity contribution in [2.45, 2.75) is 22.8 Å². The van der Waals surface area contributed by atoms with Crippen LogP contribution in [-0.2, 0) is 19.8 Å². The molecule has 0 saturated carbocycles. The third-order valence-corrected chi connectivity index (χ3v) is 5.53. The standard InChI is InChI=1S/C14H9Cl2F3N6O2S/c1-23-10(5-24-6-20-11(15)12(24)16)21-22-13(23)28-9-3-2-7(14(17,18)19)4-8(9)25(26)27/h2-4,6H,5H2,1H3. The van der Waals surface area contributed by atoms with E-state index in [-0.39, 0.29) is 26.9 Å². The van der Waals surface area contributed by atoms with Crippen LogP contribution in [0.5, 0.6) is 0 Å². The Kier molecular flexibility index (Phi) is 5.55. The first-order valence-electron chi connectivity index (χ1n) is 7.35. The summed E-state index contributed by atoms with van der Waals surface area (Å²) in [5, 5.41) is 19.7. The van der Waals surface area contributed by atoms with Gasteiger partial charge in [0.05, 0.1) is 28.3 Å². The largest absolute Gasteiger partial charge is 0.416 e. The Morgan fingerprint density at radius 2 is 2.00 bits per heavy atom. The molecule has 0 aliphatic heterocycles. The minimum absolute atomic E-state index is 0.00348. The van der Waals surface area contributed by atoms with E-state index in [4.69, 9.17) is 23.2 Å². The van der Waals surface area contributed by atoms with Gasteiger partial charge in [0.1, 0.15) is 5.15 Å². The van der Waals surface area contributed by atoms with Gasteiger partial charge in [0.15, 0.2) is 16.1 Å². The third kappa shape index (κ3) is 4.08. The Balaban J connectivity index is 1.89. The highest BCUT2D eigenvalue weighted by Crippen LogP contribution is 2.38. The number of benzene rings is 1. The van der Waals surface area contributed by atoms with Gasteiger partial charge in [0, 0.05) is 13.1 Å². The van der Waals surface area contributed by atoms with Crippen molar-refractivity contribution in [2.24, 2.45) is 7.05 Å². The van der Waals surface area contributed by atoms with Gasteiger partial charge in [0.2, 0.25) is 0 Å². The Morgan fingerprint density at radius 3 is 2.57 bits per heavy atom. The predicted octanol–water partition coefficient (Wildman–Crippen LogP) is 4.44. The fourth-order valence-corrected chi connectivity index (χ4v) is 3.40. The van der Waals surface area contributed by atoms with E-state index in [1.54, 1.807) is 7.05 Å². The van der Waals surface area contributed by atoms with Crippen molar-refractivity contribution in [3.63, 3.8) is 0 Å².